The Balaban J connectivity index is 2.04. The number of unbranched alkanes of at least 4 members (excludes halogenated alkanes) is 1. The molecule has 1 atom stereocenters. The van der Waals surface area contributed by atoms with Gasteiger partial charge >= 0.3 is 5.97 Å². The first-order valence-electron chi connectivity index (χ1n) is 10.9. The molecule has 2 N–H and O–H groups in total. The van der Waals surface area contributed by atoms with Crippen LogP contribution in [0.3, 0.4) is 0 Å². The largest absolute Gasteiger partial charge is 0.480 e. The smallest absolute Gasteiger partial charge is 0.326 e. The number of carboxylic acids is 1. The highest BCUT2D eigenvalue weighted by Gasteiger charge is 2.39. The lowest BCUT2D eigenvalue weighted by molar-refractivity contribution is -0.142. The molecule has 3 aromatic carbocycles. The molecule has 0 heterocycles. The first kappa shape index (κ1) is 23.0. The number of carbonyl (C=O) groups excluding carboxylic acids is 1. The third kappa shape index (κ3) is 5.33. The van der Waals surface area contributed by atoms with E-state index in [2.05, 4.69) is 11.9 Å². The van der Waals surface area contributed by atoms with Crippen LogP contribution in [-0.2, 0) is 15.0 Å². The third-order valence-electron chi connectivity index (χ3n) is 5.76. The van der Waals surface area contributed by atoms with E-state index < -0.39 is 17.4 Å². The van der Waals surface area contributed by atoms with E-state index >= 15 is 0 Å². The minimum absolute atomic E-state index is 0.0935. The molecule has 32 heavy (non-hydrogen) atoms. The topological polar surface area (TPSA) is 66.4 Å². The van der Waals surface area contributed by atoms with Crippen LogP contribution in [0.15, 0.2) is 104 Å². The van der Waals surface area contributed by atoms with E-state index in [0.29, 0.717) is 19.3 Å². The molecule has 164 valence electrons. The van der Waals surface area contributed by atoms with E-state index in [1.165, 1.54) is 0 Å². The number of carboxylic acid groups (broad SMARTS) is 1. The summed E-state index contributed by atoms with van der Waals surface area (Å²) in [5.74, 6) is -1.32. The van der Waals surface area contributed by atoms with Gasteiger partial charge in [0.05, 0.1) is 5.41 Å². The normalized spacial score (nSPS) is 12.0. The average Bonchev–Trinajstić information content (AvgIpc) is 2.83. The van der Waals surface area contributed by atoms with Crippen LogP contribution in [0, 0.1) is 0 Å². The summed E-state index contributed by atoms with van der Waals surface area (Å²) in [4.78, 5) is 25.1. The van der Waals surface area contributed by atoms with Crippen molar-refractivity contribution >= 4 is 11.9 Å². The lowest BCUT2D eigenvalue weighted by atomic mass is 9.67. The van der Waals surface area contributed by atoms with E-state index in [4.69, 9.17) is 0 Å². The third-order valence-corrected chi connectivity index (χ3v) is 5.76. The summed E-state index contributed by atoms with van der Waals surface area (Å²) in [6.07, 6.45) is 3.58. The zero-order valence-corrected chi connectivity index (χ0v) is 18.1. The Labute approximate surface area is 189 Å². The van der Waals surface area contributed by atoms with Gasteiger partial charge in [0, 0.05) is 6.42 Å². The van der Waals surface area contributed by atoms with Crippen molar-refractivity contribution in [2.45, 2.75) is 37.1 Å². The lowest BCUT2D eigenvalue weighted by Gasteiger charge is -2.36. The molecule has 0 aliphatic heterocycles. The minimum atomic E-state index is -1.02. The number of allylic oxidation sites excluding steroid dienone is 1. The van der Waals surface area contributed by atoms with E-state index in [1.54, 1.807) is 6.08 Å². The second-order valence-electron chi connectivity index (χ2n) is 7.86. The van der Waals surface area contributed by atoms with Crippen molar-refractivity contribution in [1.29, 1.82) is 0 Å². The van der Waals surface area contributed by atoms with Crippen molar-refractivity contribution < 1.29 is 14.7 Å². The highest BCUT2D eigenvalue weighted by molar-refractivity contribution is 5.85. The summed E-state index contributed by atoms with van der Waals surface area (Å²) < 4.78 is 0. The number of rotatable bonds is 11. The van der Waals surface area contributed by atoms with Crippen LogP contribution in [0.2, 0.25) is 0 Å². The van der Waals surface area contributed by atoms with Gasteiger partial charge in [-0.3, -0.25) is 4.79 Å². The van der Waals surface area contributed by atoms with E-state index in [-0.39, 0.29) is 12.3 Å². The average molecular weight is 428 g/mol. The molecule has 0 saturated heterocycles. The summed E-state index contributed by atoms with van der Waals surface area (Å²) in [6, 6.07) is 28.8. The van der Waals surface area contributed by atoms with Crippen molar-refractivity contribution in [3.8, 4) is 0 Å². The van der Waals surface area contributed by atoms with Gasteiger partial charge in [-0.2, -0.15) is 0 Å². The van der Waals surface area contributed by atoms with Gasteiger partial charge in [-0.25, -0.2) is 4.79 Å². The molecular weight excluding hydrogens is 398 g/mol. The summed E-state index contributed by atoms with van der Waals surface area (Å²) in [6.45, 7) is 3.68. The molecule has 0 aliphatic rings. The Morgan fingerprint density at radius 2 is 1.28 bits per heavy atom. The fourth-order valence-corrected chi connectivity index (χ4v) is 4.18. The van der Waals surface area contributed by atoms with Crippen molar-refractivity contribution in [3.63, 3.8) is 0 Å². The molecule has 0 aliphatic carbocycles. The first-order valence-corrected chi connectivity index (χ1v) is 10.9. The summed E-state index contributed by atoms with van der Waals surface area (Å²) >= 11 is 0. The number of hydrogen-bond donors (Lipinski definition) is 2. The highest BCUT2D eigenvalue weighted by Crippen LogP contribution is 2.42. The molecular formula is C28H29NO3. The molecule has 0 fully saturated rings. The predicted octanol–water partition coefficient (Wildman–Crippen LogP) is 5.34. The second kappa shape index (κ2) is 11.1. The molecule has 0 saturated carbocycles. The fourth-order valence-electron chi connectivity index (χ4n) is 4.18. The number of carbonyl (C=O) groups is 2. The number of aliphatic carboxylic acids is 1. The zero-order chi connectivity index (χ0) is 22.8. The van der Waals surface area contributed by atoms with Gasteiger partial charge in [0.1, 0.15) is 6.04 Å². The monoisotopic (exact) mass is 427 g/mol. The summed E-state index contributed by atoms with van der Waals surface area (Å²) in [7, 11) is 0. The van der Waals surface area contributed by atoms with Crippen LogP contribution < -0.4 is 5.32 Å². The molecule has 1 amide bonds. The molecule has 4 nitrogen and oxygen atoms in total. The summed E-state index contributed by atoms with van der Waals surface area (Å²) in [5, 5.41) is 12.4. The Morgan fingerprint density at radius 3 is 1.66 bits per heavy atom. The minimum Gasteiger partial charge on any atom is -0.480 e. The maximum absolute atomic E-state index is 13.3. The standard InChI is InChI=1S/C28H29NO3/c1-2-3-7-20-25(27(31)32)29-26(30)21-28(22-14-8-4-9-15-22,23-16-10-5-11-17-23)24-18-12-6-13-19-24/h2,4-6,8-19,25H,1,3,7,20-21H2,(H,29,30)(H,31,32)/t25-/m1/s1. The van der Waals surface area contributed by atoms with Gasteiger partial charge in [-0.05, 0) is 36.0 Å². The van der Waals surface area contributed by atoms with Crippen molar-refractivity contribution in [2.24, 2.45) is 0 Å². The van der Waals surface area contributed by atoms with Gasteiger partial charge in [0.2, 0.25) is 5.91 Å². The van der Waals surface area contributed by atoms with E-state index in [1.807, 2.05) is 91.0 Å². The predicted molar refractivity (Wildman–Crippen MR) is 127 cm³/mol. The fraction of sp³-hybridized carbons (Fsp3) is 0.214. The number of amides is 1. The maximum atomic E-state index is 13.3. The van der Waals surface area contributed by atoms with Crippen molar-refractivity contribution in [2.75, 3.05) is 0 Å². The molecule has 0 aromatic heterocycles. The Morgan fingerprint density at radius 1 is 0.844 bits per heavy atom. The van der Waals surface area contributed by atoms with Crippen LogP contribution in [0.4, 0.5) is 0 Å². The Hall–Kier alpha value is -3.66. The van der Waals surface area contributed by atoms with Crippen LogP contribution in [0.5, 0.6) is 0 Å². The SMILES string of the molecule is C=CCCC[C@@H](NC(=O)CC(c1ccccc1)(c1ccccc1)c1ccccc1)C(=O)O. The summed E-state index contributed by atoms with van der Waals surface area (Å²) in [5.41, 5.74) is 2.18. The Kier molecular flexibility index (Phi) is 7.98. The molecule has 0 spiro atoms. The molecule has 4 heteroatoms. The van der Waals surface area contributed by atoms with Gasteiger partial charge in [0.25, 0.3) is 0 Å². The van der Waals surface area contributed by atoms with E-state index in [0.717, 1.165) is 16.7 Å². The molecule has 0 unspecified atom stereocenters. The Bertz CT molecular complexity index is 920. The zero-order valence-electron chi connectivity index (χ0n) is 18.1. The number of hydrogen-bond acceptors (Lipinski definition) is 2. The maximum Gasteiger partial charge on any atom is 0.326 e. The van der Waals surface area contributed by atoms with Crippen LogP contribution in [-0.4, -0.2) is 23.0 Å². The van der Waals surface area contributed by atoms with Crippen LogP contribution in [0.25, 0.3) is 0 Å². The van der Waals surface area contributed by atoms with Gasteiger partial charge in [-0.15, -0.1) is 6.58 Å². The molecule has 3 rings (SSSR count). The number of nitrogens with one attached hydrogen (secondary N) is 1. The molecule has 0 radical (unpaired) electrons. The van der Waals surface area contributed by atoms with E-state index in [9.17, 15) is 14.7 Å². The first-order chi connectivity index (χ1) is 15.6. The van der Waals surface area contributed by atoms with Gasteiger partial charge < -0.3 is 10.4 Å². The second-order valence-corrected chi connectivity index (χ2v) is 7.86. The highest BCUT2D eigenvalue weighted by atomic mass is 16.4. The number of benzene rings is 3. The van der Waals surface area contributed by atoms with Gasteiger partial charge in [0.15, 0.2) is 0 Å². The quantitative estimate of drug-likeness (QED) is 0.247. The van der Waals surface area contributed by atoms with Crippen LogP contribution in [0.1, 0.15) is 42.4 Å². The molecule has 0 bridgehead atoms. The molecule has 3 aromatic rings. The van der Waals surface area contributed by atoms with Crippen molar-refractivity contribution in [3.05, 3.63) is 120 Å². The van der Waals surface area contributed by atoms with Gasteiger partial charge in [-0.1, -0.05) is 97.1 Å². The van der Waals surface area contributed by atoms with Crippen LogP contribution >= 0.6 is 0 Å². The lowest BCUT2D eigenvalue weighted by Crippen LogP contribution is -2.44. The van der Waals surface area contributed by atoms with Crippen molar-refractivity contribution in [1.82, 2.24) is 5.32 Å².